The number of nitrogens with zero attached hydrogens (tertiary/aromatic N) is 3. The van der Waals surface area contributed by atoms with Crippen LogP contribution in [0.1, 0.15) is 10.4 Å². The van der Waals surface area contributed by atoms with Crippen molar-refractivity contribution in [3.05, 3.63) is 58.6 Å². The normalized spacial score (nSPS) is 15.1. The Morgan fingerprint density at radius 1 is 1.11 bits per heavy atom. The number of anilines is 1. The number of aromatic nitrogens is 1. The van der Waals surface area contributed by atoms with Crippen LogP contribution >= 0.6 is 0 Å². The van der Waals surface area contributed by atoms with E-state index in [0.717, 1.165) is 37.6 Å². The van der Waals surface area contributed by atoms with Gasteiger partial charge in [-0.1, -0.05) is 12.1 Å². The van der Waals surface area contributed by atoms with E-state index in [1.807, 2.05) is 18.2 Å². The molecule has 1 aromatic heterocycles. The van der Waals surface area contributed by atoms with E-state index in [2.05, 4.69) is 15.9 Å². The first-order valence-corrected chi connectivity index (χ1v) is 9.30. The van der Waals surface area contributed by atoms with Gasteiger partial charge in [0.05, 0.1) is 24.9 Å². The molecule has 1 fully saturated rings. The van der Waals surface area contributed by atoms with E-state index < -0.39 is 5.76 Å². The molecule has 2 heterocycles. The molecule has 3 aromatic rings. The fourth-order valence-corrected chi connectivity index (χ4v) is 3.64. The average Bonchev–Trinajstić information content (AvgIpc) is 3.01. The lowest BCUT2D eigenvalue weighted by Crippen LogP contribution is -2.48. The van der Waals surface area contributed by atoms with Gasteiger partial charge < -0.3 is 14.1 Å². The minimum absolute atomic E-state index is 0.0270. The number of carbonyl (C=O) groups is 1. The lowest BCUT2D eigenvalue weighted by Gasteiger charge is -2.36. The molecule has 0 unspecified atom stereocenters. The molecule has 7 nitrogen and oxygen atoms in total. The summed E-state index contributed by atoms with van der Waals surface area (Å²) in [5, 5.41) is 0. The van der Waals surface area contributed by atoms with Crippen LogP contribution in [0.5, 0.6) is 5.75 Å². The van der Waals surface area contributed by atoms with Crippen molar-refractivity contribution in [3.63, 3.8) is 0 Å². The molecule has 4 rings (SSSR count). The van der Waals surface area contributed by atoms with Gasteiger partial charge >= 0.3 is 5.76 Å². The molecule has 0 spiro atoms. The van der Waals surface area contributed by atoms with Gasteiger partial charge in [0.1, 0.15) is 5.75 Å². The van der Waals surface area contributed by atoms with Crippen molar-refractivity contribution in [1.82, 2.24) is 9.47 Å². The largest absolute Gasteiger partial charge is 0.495 e. The molecule has 0 radical (unpaired) electrons. The number of Topliss-reactive ketones (excluding diaryl/α,β-unsaturated/α-hetero) is 1. The number of benzene rings is 2. The van der Waals surface area contributed by atoms with Gasteiger partial charge in [0.2, 0.25) is 0 Å². The first kappa shape index (κ1) is 18.3. The van der Waals surface area contributed by atoms with Crippen LogP contribution in [-0.2, 0) is 7.05 Å². The molecule has 0 saturated carbocycles. The second-order valence-electron chi connectivity index (χ2n) is 6.97. The Morgan fingerprint density at radius 3 is 2.61 bits per heavy atom. The second-order valence-corrected chi connectivity index (χ2v) is 6.97. The van der Waals surface area contributed by atoms with Crippen LogP contribution in [0.3, 0.4) is 0 Å². The van der Waals surface area contributed by atoms with Crippen molar-refractivity contribution in [1.29, 1.82) is 0 Å². The molecular weight excluding hydrogens is 358 g/mol. The zero-order chi connectivity index (χ0) is 19.7. The summed E-state index contributed by atoms with van der Waals surface area (Å²) < 4.78 is 12.1. The fraction of sp³-hybridized carbons (Fsp3) is 0.333. The number of oxazole rings is 1. The number of methoxy groups -OCH3 is 1. The number of piperazine rings is 1. The van der Waals surface area contributed by atoms with Crippen LogP contribution < -0.4 is 15.4 Å². The van der Waals surface area contributed by atoms with E-state index in [9.17, 15) is 9.59 Å². The molecule has 0 amide bonds. The first-order chi connectivity index (χ1) is 13.6. The molecule has 146 valence electrons. The molecule has 0 atom stereocenters. The van der Waals surface area contributed by atoms with Crippen LogP contribution in [0.4, 0.5) is 5.69 Å². The van der Waals surface area contributed by atoms with Crippen molar-refractivity contribution >= 4 is 22.6 Å². The number of hydrogen-bond acceptors (Lipinski definition) is 6. The van der Waals surface area contributed by atoms with Crippen molar-refractivity contribution in [3.8, 4) is 5.75 Å². The van der Waals surface area contributed by atoms with Crippen LogP contribution in [0.15, 0.2) is 51.7 Å². The van der Waals surface area contributed by atoms with Gasteiger partial charge in [-0.3, -0.25) is 14.3 Å². The third-order valence-corrected chi connectivity index (χ3v) is 5.28. The quantitative estimate of drug-likeness (QED) is 0.631. The van der Waals surface area contributed by atoms with Crippen molar-refractivity contribution in [2.45, 2.75) is 0 Å². The molecule has 1 aliphatic rings. The molecule has 2 aromatic carbocycles. The predicted molar refractivity (Wildman–Crippen MR) is 107 cm³/mol. The maximum absolute atomic E-state index is 12.7. The highest BCUT2D eigenvalue weighted by atomic mass is 16.5. The number of ketones is 1. The SMILES string of the molecule is COc1ccccc1N1CCN(CC(=O)c2ccc3c(c2)oc(=O)n3C)CC1. The van der Waals surface area contributed by atoms with Crippen molar-refractivity contribution in [2.75, 3.05) is 44.7 Å². The maximum atomic E-state index is 12.7. The Labute approximate surface area is 162 Å². The number of rotatable bonds is 5. The van der Waals surface area contributed by atoms with Crippen LogP contribution in [0.2, 0.25) is 0 Å². The highest BCUT2D eigenvalue weighted by molar-refractivity contribution is 6.00. The predicted octanol–water partition coefficient (Wildman–Crippen LogP) is 2.14. The number of para-hydroxylation sites is 2. The number of ether oxygens (including phenoxy) is 1. The summed E-state index contributed by atoms with van der Waals surface area (Å²) in [6.45, 7) is 3.61. The summed E-state index contributed by atoms with van der Waals surface area (Å²) in [4.78, 5) is 28.8. The van der Waals surface area contributed by atoms with E-state index in [0.29, 0.717) is 23.2 Å². The Bertz CT molecular complexity index is 1060. The summed E-state index contributed by atoms with van der Waals surface area (Å²) in [5.41, 5.74) is 2.78. The molecule has 7 heteroatoms. The zero-order valence-electron chi connectivity index (χ0n) is 16.1. The number of hydrogen-bond donors (Lipinski definition) is 0. The number of fused-ring (bicyclic) bond motifs is 1. The summed E-state index contributed by atoms with van der Waals surface area (Å²) in [6.07, 6.45) is 0. The van der Waals surface area contributed by atoms with Crippen LogP contribution in [0, 0.1) is 0 Å². The van der Waals surface area contributed by atoms with Gasteiger partial charge in [-0.2, -0.15) is 0 Å². The second kappa shape index (κ2) is 7.52. The topological polar surface area (TPSA) is 67.9 Å². The summed E-state index contributed by atoms with van der Waals surface area (Å²) in [7, 11) is 3.33. The summed E-state index contributed by atoms with van der Waals surface area (Å²) >= 11 is 0. The molecule has 1 aliphatic heterocycles. The summed E-state index contributed by atoms with van der Waals surface area (Å²) in [5.74, 6) is 0.468. The van der Waals surface area contributed by atoms with Crippen LogP contribution in [-0.4, -0.2) is 55.1 Å². The molecule has 1 saturated heterocycles. The zero-order valence-corrected chi connectivity index (χ0v) is 16.1. The third kappa shape index (κ3) is 3.41. The van der Waals surface area contributed by atoms with Crippen molar-refractivity contribution in [2.24, 2.45) is 7.05 Å². The van der Waals surface area contributed by atoms with Gasteiger partial charge in [0.25, 0.3) is 0 Å². The highest BCUT2D eigenvalue weighted by Crippen LogP contribution is 2.28. The van der Waals surface area contributed by atoms with Gasteiger partial charge in [-0.15, -0.1) is 0 Å². The smallest absolute Gasteiger partial charge is 0.419 e. The molecular formula is C21H23N3O4. The number of aryl methyl sites for hydroxylation is 1. The Hall–Kier alpha value is -3.06. The van der Waals surface area contributed by atoms with Gasteiger partial charge in [-0.05, 0) is 30.3 Å². The minimum Gasteiger partial charge on any atom is -0.495 e. The van der Waals surface area contributed by atoms with E-state index in [1.165, 1.54) is 4.57 Å². The summed E-state index contributed by atoms with van der Waals surface area (Å²) in [6, 6.07) is 13.2. The van der Waals surface area contributed by atoms with E-state index in [4.69, 9.17) is 9.15 Å². The minimum atomic E-state index is -0.424. The lowest BCUT2D eigenvalue weighted by atomic mass is 10.1. The Morgan fingerprint density at radius 2 is 1.86 bits per heavy atom. The lowest BCUT2D eigenvalue weighted by molar-refractivity contribution is 0.0926. The van der Waals surface area contributed by atoms with E-state index in [-0.39, 0.29) is 5.78 Å². The Balaban J connectivity index is 1.41. The monoisotopic (exact) mass is 381 g/mol. The first-order valence-electron chi connectivity index (χ1n) is 9.30. The fourth-order valence-electron chi connectivity index (χ4n) is 3.64. The molecule has 28 heavy (non-hydrogen) atoms. The third-order valence-electron chi connectivity index (χ3n) is 5.28. The van der Waals surface area contributed by atoms with Gasteiger partial charge in [0.15, 0.2) is 11.4 Å². The van der Waals surface area contributed by atoms with Gasteiger partial charge in [0, 0.05) is 38.8 Å². The Kier molecular flexibility index (Phi) is 4.92. The van der Waals surface area contributed by atoms with E-state index >= 15 is 0 Å². The van der Waals surface area contributed by atoms with Crippen LogP contribution in [0.25, 0.3) is 11.1 Å². The van der Waals surface area contributed by atoms with E-state index in [1.54, 1.807) is 32.4 Å². The molecule has 0 N–H and O–H groups in total. The van der Waals surface area contributed by atoms with Crippen molar-refractivity contribution < 1.29 is 13.9 Å². The maximum Gasteiger partial charge on any atom is 0.419 e. The standard InChI is InChI=1S/C21H23N3O4/c1-22-16-8-7-15(13-20(16)28-21(22)26)18(25)14-23-9-11-24(12-10-23)17-5-3-4-6-19(17)27-2/h3-8,13H,9-12,14H2,1-2H3. The highest BCUT2D eigenvalue weighted by Gasteiger charge is 2.22. The van der Waals surface area contributed by atoms with Gasteiger partial charge in [-0.25, -0.2) is 4.79 Å². The molecule has 0 aliphatic carbocycles. The average molecular weight is 381 g/mol. The molecule has 0 bridgehead atoms. The number of carbonyl (C=O) groups excluding carboxylic acids is 1.